The first-order valence-corrected chi connectivity index (χ1v) is 4.75. The van der Waals surface area contributed by atoms with E-state index in [4.69, 9.17) is 11.6 Å². The zero-order valence-electron chi connectivity index (χ0n) is 8.23. The zero-order chi connectivity index (χ0) is 11.7. The van der Waals surface area contributed by atoms with Gasteiger partial charge in [-0.1, -0.05) is 0 Å². The van der Waals surface area contributed by atoms with Crippen LogP contribution in [0.3, 0.4) is 0 Å². The van der Waals surface area contributed by atoms with Gasteiger partial charge < -0.3 is 4.57 Å². The summed E-state index contributed by atoms with van der Waals surface area (Å²) in [7, 11) is 1.74. The second-order valence-corrected chi connectivity index (χ2v) is 3.48. The van der Waals surface area contributed by atoms with Gasteiger partial charge in [-0.25, -0.2) is 23.7 Å². The Bertz CT molecular complexity index is 512. The second-order valence-electron chi connectivity index (χ2n) is 3.14. The first-order valence-electron chi connectivity index (χ1n) is 4.37. The van der Waals surface area contributed by atoms with Gasteiger partial charge in [0.1, 0.15) is 5.69 Å². The molecule has 0 bridgehead atoms. The van der Waals surface area contributed by atoms with Crippen LogP contribution in [-0.4, -0.2) is 19.5 Å². The lowest BCUT2D eigenvalue weighted by Crippen LogP contribution is -1.98. The summed E-state index contributed by atoms with van der Waals surface area (Å²) in [6.45, 7) is 0. The maximum Gasteiger partial charge on any atom is 0.280 e. The van der Waals surface area contributed by atoms with Crippen LogP contribution < -0.4 is 0 Å². The average Bonchev–Trinajstić information content (AvgIpc) is 2.63. The minimum atomic E-state index is -2.67. The Morgan fingerprint density at radius 1 is 1.38 bits per heavy atom. The third-order valence-corrected chi connectivity index (χ3v) is 2.19. The van der Waals surface area contributed by atoms with E-state index >= 15 is 0 Å². The summed E-state index contributed by atoms with van der Waals surface area (Å²) in [5.41, 5.74) is 0.540. The maximum atomic E-state index is 12.5. The van der Waals surface area contributed by atoms with Crippen LogP contribution in [0.25, 0.3) is 11.4 Å². The first-order chi connectivity index (χ1) is 7.58. The molecule has 7 heteroatoms. The quantitative estimate of drug-likeness (QED) is 0.763. The molecule has 2 aromatic rings. The molecule has 0 aromatic carbocycles. The molecule has 0 saturated carbocycles. The molecule has 0 unspecified atom stereocenters. The van der Waals surface area contributed by atoms with Gasteiger partial charge in [0.15, 0.2) is 0 Å². The number of imidazole rings is 1. The summed E-state index contributed by atoms with van der Waals surface area (Å²) in [5, 5.41) is -0.200. The van der Waals surface area contributed by atoms with Gasteiger partial charge in [0.25, 0.3) is 6.43 Å². The van der Waals surface area contributed by atoms with Crippen LogP contribution in [0.1, 0.15) is 12.1 Å². The zero-order valence-corrected chi connectivity index (χ0v) is 8.99. The summed E-state index contributed by atoms with van der Waals surface area (Å²) >= 11 is 5.58. The van der Waals surface area contributed by atoms with Gasteiger partial charge in [-0.3, -0.25) is 0 Å². The molecule has 2 heterocycles. The molecule has 4 nitrogen and oxygen atoms in total. The van der Waals surface area contributed by atoms with Crippen LogP contribution >= 0.6 is 11.6 Å². The number of halogens is 3. The standard InChI is InChI=1S/C9H7ClF2N4/c1-16-4-13-3-7(16)5-2-6(8(11)12)15-9(10)14-5/h2-4,8H,1H3. The molecule has 0 aliphatic heterocycles. The Hall–Kier alpha value is -1.56. The highest BCUT2D eigenvalue weighted by molar-refractivity contribution is 6.28. The van der Waals surface area contributed by atoms with Gasteiger partial charge in [-0.05, 0) is 17.7 Å². The number of hydrogen-bond donors (Lipinski definition) is 0. The van der Waals surface area contributed by atoms with Crippen molar-refractivity contribution in [3.63, 3.8) is 0 Å². The normalized spacial score (nSPS) is 11.1. The molecular weight excluding hydrogens is 238 g/mol. The van der Waals surface area contributed by atoms with Crippen molar-refractivity contribution in [2.75, 3.05) is 0 Å². The van der Waals surface area contributed by atoms with Crippen LogP contribution in [0.15, 0.2) is 18.6 Å². The fraction of sp³-hybridized carbons (Fsp3) is 0.222. The maximum absolute atomic E-state index is 12.5. The van der Waals surface area contributed by atoms with E-state index in [0.29, 0.717) is 11.4 Å². The molecule has 0 aliphatic carbocycles. The van der Waals surface area contributed by atoms with Gasteiger partial charge in [-0.2, -0.15) is 0 Å². The summed E-state index contributed by atoms with van der Waals surface area (Å²) in [6, 6.07) is 1.20. The number of hydrogen-bond acceptors (Lipinski definition) is 3. The Labute approximate surface area is 94.9 Å². The van der Waals surface area contributed by atoms with E-state index in [0.717, 1.165) is 0 Å². The van der Waals surface area contributed by atoms with E-state index in [1.165, 1.54) is 12.3 Å². The largest absolute Gasteiger partial charge is 0.332 e. The molecule has 16 heavy (non-hydrogen) atoms. The third kappa shape index (κ3) is 2.01. The van der Waals surface area contributed by atoms with E-state index in [1.807, 2.05) is 0 Å². The highest BCUT2D eigenvalue weighted by atomic mass is 35.5. The van der Waals surface area contributed by atoms with E-state index in [1.54, 1.807) is 17.9 Å². The number of alkyl halides is 2. The molecule has 0 atom stereocenters. The van der Waals surface area contributed by atoms with E-state index in [9.17, 15) is 8.78 Å². The van der Waals surface area contributed by atoms with Crippen LogP contribution in [0, 0.1) is 0 Å². The van der Waals surface area contributed by atoms with Gasteiger partial charge in [0.2, 0.25) is 5.28 Å². The Balaban J connectivity index is 2.54. The lowest BCUT2D eigenvalue weighted by Gasteiger charge is -2.04. The number of aryl methyl sites for hydroxylation is 1. The molecule has 0 saturated heterocycles. The third-order valence-electron chi connectivity index (χ3n) is 2.02. The highest BCUT2D eigenvalue weighted by Gasteiger charge is 2.14. The van der Waals surface area contributed by atoms with Crippen LogP contribution in [0.5, 0.6) is 0 Å². The fourth-order valence-corrected chi connectivity index (χ4v) is 1.47. The van der Waals surface area contributed by atoms with Crippen LogP contribution in [-0.2, 0) is 7.05 Å². The predicted octanol–water partition coefficient (Wildman–Crippen LogP) is 2.47. The lowest BCUT2D eigenvalue weighted by atomic mass is 10.2. The van der Waals surface area contributed by atoms with Gasteiger partial charge in [-0.15, -0.1) is 0 Å². The molecule has 0 aliphatic rings. The molecule has 0 radical (unpaired) electrons. The van der Waals surface area contributed by atoms with Crippen molar-refractivity contribution in [2.45, 2.75) is 6.43 Å². The van der Waals surface area contributed by atoms with Crippen molar-refractivity contribution in [3.8, 4) is 11.4 Å². The molecule has 0 amide bonds. The van der Waals surface area contributed by atoms with Crippen molar-refractivity contribution in [3.05, 3.63) is 29.6 Å². The average molecular weight is 245 g/mol. The summed E-state index contributed by atoms with van der Waals surface area (Å²) in [5.74, 6) is 0. The van der Waals surface area contributed by atoms with Gasteiger partial charge in [0.05, 0.1) is 23.9 Å². The van der Waals surface area contributed by atoms with Crippen LogP contribution in [0.4, 0.5) is 8.78 Å². The summed E-state index contributed by atoms with van der Waals surface area (Å²) in [4.78, 5) is 11.2. The molecule has 84 valence electrons. The van der Waals surface area contributed by atoms with Crippen molar-refractivity contribution in [1.82, 2.24) is 19.5 Å². The molecular formula is C9H7ClF2N4. The summed E-state index contributed by atoms with van der Waals surface area (Å²) in [6.07, 6.45) is 0.397. The minimum absolute atomic E-state index is 0.200. The van der Waals surface area contributed by atoms with Crippen molar-refractivity contribution in [1.29, 1.82) is 0 Å². The SMILES string of the molecule is Cn1cncc1-c1cc(C(F)F)nc(Cl)n1. The number of nitrogens with zero attached hydrogens (tertiary/aromatic N) is 4. The predicted molar refractivity (Wildman–Crippen MR) is 54.2 cm³/mol. The van der Waals surface area contributed by atoms with E-state index < -0.39 is 12.1 Å². The van der Waals surface area contributed by atoms with Crippen molar-refractivity contribution >= 4 is 11.6 Å². The summed E-state index contributed by atoms with van der Waals surface area (Å²) < 4.78 is 26.7. The number of rotatable bonds is 2. The first kappa shape index (κ1) is 10.9. The smallest absolute Gasteiger partial charge is 0.280 e. The van der Waals surface area contributed by atoms with Crippen LogP contribution in [0.2, 0.25) is 5.28 Å². The van der Waals surface area contributed by atoms with Gasteiger partial charge in [0, 0.05) is 7.05 Å². The van der Waals surface area contributed by atoms with E-state index in [-0.39, 0.29) is 5.28 Å². The topological polar surface area (TPSA) is 43.6 Å². The molecule has 0 spiro atoms. The number of aromatic nitrogens is 4. The Morgan fingerprint density at radius 3 is 2.69 bits per heavy atom. The fourth-order valence-electron chi connectivity index (χ4n) is 1.28. The highest BCUT2D eigenvalue weighted by Crippen LogP contribution is 2.23. The second kappa shape index (κ2) is 4.13. The van der Waals surface area contributed by atoms with Crippen molar-refractivity contribution < 1.29 is 8.78 Å². The van der Waals surface area contributed by atoms with E-state index in [2.05, 4.69) is 15.0 Å². The monoisotopic (exact) mass is 244 g/mol. The molecule has 0 N–H and O–H groups in total. The Morgan fingerprint density at radius 2 is 2.12 bits per heavy atom. The van der Waals surface area contributed by atoms with Crippen molar-refractivity contribution in [2.24, 2.45) is 7.05 Å². The van der Waals surface area contributed by atoms with Gasteiger partial charge >= 0.3 is 0 Å². The lowest BCUT2D eigenvalue weighted by molar-refractivity contribution is 0.146. The minimum Gasteiger partial charge on any atom is -0.332 e. The molecule has 2 aromatic heterocycles. The molecule has 2 rings (SSSR count). The Kier molecular flexibility index (Phi) is 2.82. The molecule has 0 fully saturated rings.